The molecular formula is C20H31NO3. The predicted molar refractivity (Wildman–Crippen MR) is 96.7 cm³/mol. The van der Waals surface area contributed by atoms with Gasteiger partial charge in [-0.05, 0) is 45.6 Å². The fourth-order valence-corrected chi connectivity index (χ4v) is 2.36. The Hall–Kier alpha value is -1.84. The Morgan fingerprint density at radius 2 is 1.62 bits per heavy atom. The Balaban J connectivity index is 1.96. The van der Waals surface area contributed by atoms with Gasteiger partial charge in [-0.3, -0.25) is 9.59 Å². The Labute approximate surface area is 146 Å². The van der Waals surface area contributed by atoms with E-state index in [0.717, 1.165) is 32.1 Å². The van der Waals surface area contributed by atoms with Crippen molar-refractivity contribution in [2.45, 2.75) is 71.3 Å². The van der Waals surface area contributed by atoms with E-state index < -0.39 is 5.60 Å². The molecule has 4 heteroatoms. The molecule has 0 aliphatic carbocycles. The van der Waals surface area contributed by atoms with Crippen LogP contribution in [0.15, 0.2) is 30.3 Å². The van der Waals surface area contributed by atoms with Crippen molar-refractivity contribution in [2.24, 2.45) is 0 Å². The minimum atomic E-state index is -0.402. The second-order valence-electron chi connectivity index (χ2n) is 7.09. The number of rotatable bonds is 10. The standard InChI is InChI=1S/C20H31NO3/c1-20(2,3)24-19(23)13-9-4-5-10-16-21-18(22)15-14-17-11-7-6-8-12-17/h6-8,11-12H,4-5,9-10,13-16H2,1-3H3,(H,21,22). The van der Waals surface area contributed by atoms with Crippen LogP contribution in [0.25, 0.3) is 0 Å². The summed E-state index contributed by atoms with van der Waals surface area (Å²) < 4.78 is 5.26. The average Bonchev–Trinajstić information content (AvgIpc) is 2.51. The molecule has 0 aliphatic rings. The van der Waals surface area contributed by atoms with Crippen LogP contribution in [0.4, 0.5) is 0 Å². The minimum absolute atomic E-state index is 0.104. The summed E-state index contributed by atoms with van der Waals surface area (Å²) in [4.78, 5) is 23.3. The summed E-state index contributed by atoms with van der Waals surface area (Å²) >= 11 is 0. The number of esters is 1. The fourth-order valence-electron chi connectivity index (χ4n) is 2.36. The molecule has 1 N–H and O–H groups in total. The second-order valence-corrected chi connectivity index (χ2v) is 7.09. The third-order valence-corrected chi connectivity index (χ3v) is 3.53. The van der Waals surface area contributed by atoms with Gasteiger partial charge in [-0.25, -0.2) is 0 Å². The lowest BCUT2D eigenvalue weighted by Crippen LogP contribution is -2.24. The average molecular weight is 333 g/mol. The molecule has 1 aromatic rings. The first-order valence-electron chi connectivity index (χ1n) is 8.89. The van der Waals surface area contributed by atoms with Crippen molar-refractivity contribution in [3.8, 4) is 0 Å². The van der Waals surface area contributed by atoms with Crippen molar-refractivity contribution >= 4 is 11.9 Å². The Kier molecular flexibility index (Phi) is 9.13. The van der Waals surface area contributed by atoms with Crippen LogP contribution in [0.2, 0.25) is 0 Å². The quantitative estimate of drug-likeness (QED) is 0.519. The van der Waals surface area contributed by atoms with E-state index in [9.17, 15) is 9.59 Å². The first-order chi connectivity index (χ1) is 11.4. The lowest BCUT2D eigenvalue weighted by Gasteiger charge is -2.19. The highest BCUT2D eigenvalue weighted by Crippen LogP contribution is 2.11. The highest BCUT2D eigenvalue weighted by Gasteiger charge is 2.15. The fraction of sp³-hybridized carbons (Fsp3) is 0.600. The maximum absolute atomic E-state index is 11.8. The molecule has 1 aromatic carbocycles. The number of hydrogen-bond acceptors (Lipinski definition) is 3. The van der Waals surface area contributed by atoms with Gasteiger partial charge in [-0.1, -0.05) is 43.2 Å². The number of benzene rings is 1. The lowest BCUT2D eigenvalue weighted by molar-refractivity contribution is -0.154. The Morgan fingerprint density at radius 1 is 0.958 bits per heavy atom. The van der Waals surface area contributed by atoms with Gasteiger partial charge in [0, 0.05) is 19.4 Å². The maximum atomic E-state index is 11.8. The molecule has 0 spiro atoms. The van der Waals surface area contributed by atoms with Crippen molar-refractivity contribution in [1.82, 2.24) is 5.32 Å². The molecule has 134 valence electrons. The number of carbonyl (C=O) groups excluding carboxylic acids is 2. The van der Waals surface area contributed by atoms with Crippen molar-refractivity contribution < 1.29 is 14.3 Å². The first-order valence-corrected chi connectivity index (χ1v) is 8.89. The SMILES string of the molecule is CC(C)(C)OC(=O)CCCCCCNC(=O)CCc1ccccc1. The molecule has 0 bridgehead atoms. The van der Waals surface area contributed by atoms with Crippen LogP contribution in [0.1, 0.15) is 64.9 Å². The van der Waals surface area contributed by atoms with Crippen LogP contribution in [-0.2, 0) is 20.7 Å². The highest BCUT2D eigenvalue weighted by molar-refractivity contribution is 5.76. The molecule has 1 rings (SSSR count). The molecular weight excluding hydrogens is 302 g/mol. The minimum Gasteiger partial charge on any atom is -0.460 e. The number of amides is 1. The highest BCUT2D eigenvalue weighted by atomic mass is 16.6. The van der Waals surface area contributed by atoms with E-state index in [-0.39, 0.29) is 11.9 Å². The molecule has 0 saturated carbocycles. The summed E-state index contributed by atoms with van der Waals surface area (Å²) in [7, 11) is 0. The third kappa shape index (κ3) is 10.8. The molecule has 0 atom stereocenters. The molecule has 4 nitrogen and oxygen atoms in total. The number of unbranched alkanes of at least 4 members (excludes halogenated alkanes) is 3. The third-order valence-electron chi connectivity index (χ3n) is 3.53. The summed E-state index contributed by atoms with van der Waals surface area (Å²) in [6, 6.07) is 10.0. The van der Waals surface area contributed by atoms with E-state index >= 15 is 0 Å². The normalized spacial score (nSPS) is 11.1. The summed E-state index contributed by atoms with van der Waals surface area (Å²) in [5.74, 6) is -0.0238. The van der Waals surface area contributed by atoms with E-state index in [2.05, 4.69) is 5.32 Å². The second kappa shape index (κ2) is 10.8. The van der Waals surface area contributed by atoms with Crippen LogP contribution in [0.5, 0.6) is 0 Å². The van der Waals surface area contributed by atoms with E-state index in [4.69, 9.17) is 4.74 Å². The smallest absolute Gasteiger partial charge is 0.306 e. The van der Waals surface area contributed by atoms with Gasteiger partial charge in [0.2, 0.25) is 5.91 Å². The molecule has 24 heavy (non-hydrogen) atoms. The largest absolute Gasteiger partial charge is 0.460 e. The van der Waals surface area contributed by atoms with Gasteiger partial charge in [0.25, 0.3) is 0 Å². The molecule has 0 aliphatic heterocycles. The molecule has 0 radical (unpaired) electrons. The number of aryl methyl sites for hydroxylation is 1. The van der Waals surface area contributed by atoms with Gasteiger partial charge in [0.15, 0.2) is 0 Å². The van der Waals surface area contributed by atoms with E-state index in [1.807, 2.05) is 51.1 Å². The first kappa shape index (κ1) is 20.2. The van der Waals surface area contributed by atoms with Crippen LogP contribution < -0.4 is 5.32 Å². The van der Waals surface area contributed by atoms with Crippen molar-refractivity contribution in [3.63, 3.8) is 0 Å². The summed E-state index contributed by atoms with van der Waals surface area (Å²) in [6.45, 7) is 6.35. The molecule has 0 heterocycles. The van der Waals surface area contributed by atoms with E-state index in [0.29, 0.717) is 19.4 Å². The summed E-state index contributed by atoms with van der Waals surface area (Å²) in [5.41, 5.74) is 0.788. The number of ether oxygens (including phenoxy) is 1. The number of hydrogen-bond donors (Lipinski definition) is 1. The monoisotopic (exact) mass is 333 g/mol. The molecule has 0 aromatic heterocycles. The Bertz CT molecular complexity index is 491. The van der Waals surface area contributed by atoms with Gasteiger partial charge in [-0.2, -0.15) is 0 Å². The van der Waals surface area contributed by atoms with Crippen LogP contribution >= 0.6 is 0 Å². The zero-order valence-corrected chi connectivity index (χ0v) is 15.3. The maximum Gasteiger partial charge on any atom is 0.306 e. The van der Waals surface area contributed by atoms with Crippen LogP contribution in [0, 0.1) is 0 Å². The topological polar surface area (TPSA) is 55.4 Å². The van der Waals surface area contributed by atoms with Gasteiger partial charge in [0.05, 0.1) is 0 Å². The summed E-state index contributed by atoms with van der Waals surface area (Å²) in [6.07, 6.45) is 5.58. The zero-order chi connectivity index (χ0) is 17.8. The predicted octanol–water partition coefficient (Wildman–Crippen LogP) is 4.03. The zero-order valence-electron chi connectivity index (χ0n) is 15.3. The lowest BCUT2D eigenvalue weighted by atomic mass is 10.1. The van der Waals surface area contributed by atoms with E-state index in [1.54, 1.807) is 0 Å². The number of carbonyl (C=O) groups is 2. The van der Waals surface area contributed by atoms with E-state index in [1.165, 1.54) is 5.56 Å². The number of nitrogens with one attached hydrogen (secondary N) is 1. The van der Waals surface area contributed by atoms with Crippen molar-refractivity contribution in [3.05, 3.63) is 35.9 Å². The molecule has 1 amide bonds. The molecule has 0 fully saturated rings. The van der Waals surface area contributed by atoms with Gasteiger partial charge < -0.3 is 10.1 Å². The summed E-state index contributed by atoms with van der Waals surface area (Å²) in [5, 5.41) is 2.95. The molecule has 0 saturated heterocycles. The Morgan fingerprint density at radius 3 is 2.29 bits per heavy atom. The van der Waals surface area contributed by atoms with Gasteiger partial charge in [0.1, 0.15) is 5.60 Å². The van der Waals surface area contributed by atoms with Crippen molar-refractivity contribution in [2.75, 3.05) is 6.54 Å². The molecule has 0 unspecified atom stereocenters. The van der Waals surface area contributed by atoms with Crippen molar-refractivity contribution in [1.29, 1.82) is 0 Å². The van der Waals surface area contributed by atoms with Gasteiger partial charge in [-0.15, -0.1) is 0 Å². The van der Waals surface area contributed by atoms with Crippen LogP contribution in [0.3, 0.4) is 0 Å². The van der Waals surface area contributed by atoms with Gasteiger partial charge >= 0.3 is 5.97 Å². The van der Waals surface area contributed by atoms with Crippen LogP contribution in [-0.4, -0.2) is 24.0 Å².